The number of hydrogen-bond acceptors (Lipinski definition) is 5. The maximum Gasteiger partial charge on any atom is 0.130 e. The Labute approximate surface area is 161 Å². The lowest BCUT2D eigenvalue weighted by molar-refractivity contribution is 0.0126. The molecule has 2 aromatic rings. The maximum absolute atomic E-state index is 5.83. The highest BCUT2D eigenvalue weighted by molar-refractivity contribution is 5.27. The van der Waals surface area contributed by atoms with Gasteiger partial charge in [-0.25, -0.2) is 0 Å². The summed E-state index contributed by atoms with van der Waals surface area (Å²) in [5.74, 6) is 0.897. The molecule has 3 heterocycles. The second kappa shape index (κ2) is 9.31. The van der Waals surface area contributed by atoms with Gasteiger partial charge in [-0.2, -0.15) is 0 Å². The summed E-state index contributed by atoms with van der Waals surface area (Å²) in [5.41, 5.74) is 2.30. The molecule has 1 aromatic carbocycles. The van der Waals surface area contributed by atoms with E-state index < -0.39 is 0 Å². The predicted molar refractivity (Wildman–Crippen MR) is 106 cm³/mol. The van der Waals surface area contributed by atoms with Crippen LogP contribution < -0.4 is 4.74 Å². The number of aromatic nitrogens is 1. The first-order chi connectivity index (χ1) is 13.4. The van der Waals surface area contributed by atoms with E-state index in [1.165, 1.54) is 31.5 Å². The molecule has 1 aromatic heterocycles. The Morgan fingerprint density at radius 1 is 0.963 bits per heavy atom. The van der Waals surface area contributed by atoms with E-state index in [0.29, 0.717) is 6.61 Å². The molecule has 144 valence electrons. The minimum absolute atomic E-state index is 0.508. The van der Waals surface area contributed by atoms with Crippen molar-refractivity contribution in [2.45, 2.75) is 32.0 Å². The van der Waals surface area contributed by atoms with E-state index >= 15 is 0 Å². The van der Waals surface area contributed by atoms with Gasteiger partial charge in [0.1, 0.15) is 12.4 Å². The molecule has 2 aliphatic rings. The molecule has 5 nitrogen and oxygen atoms in total. The van der Waals surface area contributed by atoms with Crippen LogP contribution in [0, 0.1) is 0 Å². The van der Waals surface area contributed by atoms with Gasteiger partial charge in [0.25, 0.3) is 0 Å². The molecule has 0 aliphatic carbocycles. The average Bonchev–Trinajstić information content (AvgIpc) is 2.75. The standard InChI is InChI=1S/C22H29N3O2/c1-2-10-23-20(3-1)18-27-22-6-4-19(5-7-22)17-24-11-13-25(14-12-24)21-8-15-26-16-9-21/h1-7,10,21H,8-9,11-18H2. The summed E-state index contributed by atoms with van der Waals surface area (Å²) < 4.78 is 11.3. The quantitative estimate of drug-likeness (QED) is 0.785. The van der Waals surface area contributed by atoms with Gasteiger partial charge in [-0.1, -0.05) is 18.2 Å². The van der Waals surface area contributed by atoms with E-state index in [0.717, 1.165) is 50.3 Å². The van der Waals surface area contributed by atoms with E-state index in [-0.39, 0.29) is 0 Å². The van der Waals surface area contributed by atoms with E-state index in [4.69, 9.17) is 9.47 Å². The highest BCUT2D eigenvalue weighted by Crippen LogP contribution is 2.19. The molecule has 0 N–H and O–H groups in total. The largest absolute Gasteiger partial charge is 0.487 e. The summed E-state index contributed by atoms with van der Waals surface area (Å²) in [6, 6.07) is 15.1. The predicted octanol–water partition coefficient (Wildman–Crippen LogP) is 2.96. The van der Waals surface area contributed by atoms with Gasteiger partial charge in [0.2, 0.25) is 0 Å². The van der Waals surface area contributed by atoms with Gasteiger partial charge in [0.05, 0.1) is 5.69 Å². The van der Waals surface area contributed by atoms with Crippen LogP contribution in [0.4, 0.5) is 0 Å². The van der Waals surface area contributed by atoms with Crippen molar-refractivity contribution in [3.63, 3.8) is 0 Å². The lowest BCUT2D eigenvalue weighted by Gasteiger charge is -2.40. The number of rotatable bonds is 6. The molecule has 0 unspecified atom stereocenters. The lowest BCUT2D eigenvalue weighted by atomic mass is 10.1. The van der Waals surface area contributed by atoms with Crippen LogP contribution >= 0.6 is 0 Å². The summed E-state index contributed by atoms with van der Waals surface area (Å²) in [7, 11) is 0. The second-order valence-electron chi connectivity index (χ2n) is 7.41. The van der Waals surface area contributed by atoms with Crippen LogP contribution in [0.25, 0.3) is 0 Å². The fourth-order valence-electron chi connectivity index (χ4n) is 3.93. The van der Waals surface area contributed by atoms with Crippen LogP contribution in [0.1, 0.15) is 24.1 Å². The summed E-state index contributed by atoms with van der Waals surface area (Å²) in [5, 5.41) is 0. The van der Waals surface area contributed by atoms with E-state index in [1.54, 1.807) is 6.20 Å². The Bertz CT molecular complexity index is 678. The molecule has 2 fully saturated rings. The summed E-state index contributed by atoms with van der Waals surface area (Å²) >= 11 is 0. The smallest absolute Gasteiger partial charge is 0.130 e. The summed E-state index contributed by atoms with van der Waals surface area (Å²) in [6.07, 6.45) is 4.18. The first-order valence-corrected chi connectivity index (χ1v) is 10.0. The zero-order valence-electron chi connectivity index (χ0n) is 15.9. The number of ether oxygens (including phenoxy) is 2. The monoisotopic (exact) mass is 367 g/mol. The van der Waals surface area contributed by atoms with Gasteiger partial charge in [-0.05, 0) is 42.7 Å². The van der Waals surface area contributed by atoms with Gasteiger partial charge in [-0.3, -0.25) is 14.8 Å². The van der Waals surface area contributed by atoms with Gasteiger partial charge < -0.3 is 9.47 Å². The number of hydrogen-bond donors (Lipinski definition) is 0. The number of benzene rings is 1. The first-order valence-electron chi connectivity index (χ1n) is 10.0. The van der Waals surface area contributed by atoms with Gasteiger partial charge in [-0.15, -0.1) is 0 Å². The van der Waals surface area contributed by atoms with Crippen molar-refractivity contribution in [3.05, 3.63) is 59.9 Å². The van der Waals surface area contributed by atoms with E-state index in [1.807, 2.05) is 18.2 Å². The Balaban J connectivity index is 1.22. The maximum atomic E-state index is 5.83. The van der Waals surface area contributed by atoms with Crippen LogP contribution in [0.5, 0.6) is 5.75 Å². The highest BCUT2D eigenvalue weighted by Gasteiger charge is 2.25. The topological polar surface area (TPSA) is 37.8 Å². The third kappa shape index (κ3) is 5.28. The van der Waals surface area contributed by atoms with Crippen LogP contribution in [-0.2, 0) is 17.9 Å². The fraction of sp³-hybridized carbons (Fsp3) is 0.500. The minimum Gasteiger partial charge on any atom is -0.487 e. The number of nitrogens with zero attached hydrogens (tertiary/aromatic N) is 3. The van der Waals surface area contributed by atoms with Crippen LogP contribution in [-0.4, -0.2) is 60.2 Å². The molecule has 0 amide bonds. The molecule has 0 bridgehead atoms. The third-order valence-electron chi connectivity index (χ3n) is 5.56. The van der Waals surface area contributed by atoms with Crippen LogP contribution in [0.3, 0.4) is 0 Å². The Hall–Kier alpha value is -1.95. The molecule has 5 heteroatoms. The average molecular weight is 367 g/mol. The normalized spacial score (nSPS) is 19.9. The molecule has 4 rings (SSSR count). The number of piperazine rings is 1. The zero-order chi connectivity index (χ0) is 18.3. The molecular formula is C22H29N3O2. The Kier molecular flexibility index (Phi) is 6.35. The van der Waals surface area contributed by atoms with Crippen molar-refractivity contribution in [2.75, 3.05) is 39.4 Å². The van der Waals surface area contributed by atoms with Crippen molar-refractivity contribution in [1.82, 2.24) is 14.8 Å². The number of pyridine rings is 1. The lowest BCUT2D eigenvalue weighted by Crippen LogP contribution is -2.51. The van der Waals surface area contributed by atoms with Gasteiger partial charge in [0, 0.05) is 58.2 Å². The van der Waals surface area contributed by atoms with Crippen LogP contribution in [0.15, 0.2) is 48.7 Å². The molecule has 0 spiro atoms. The fourth-order valence-corrected chi connectivity index (χ4v) is 3.93. The van der Waals surface area contributed by atoms with Crippen LogP contribution in [0.2, 0.25) is 0 Å². The molecular weight excluding hydrogens is 338 g/mol. The molecule has 0 saturated carbocycles. The third-order valence-corrected chi connectivity index (χ3v) is 5.56. The molecule has 0 atom stereocenters. The minimum atomic E-state index is 0.508. The Morgan fingerprint density at radius 3 is 2.44 bits per heavy atom. The van der Waals surface area contributed by atoms with Crippen molar-refractivity contribution in [2.24, 2.45) is 0 Å². The molecule has 27 heavy (non-hydrogen) atoms. The second-order valence-corrected chi connectivity index (χ2v) is 7.41. The summed E-state index contributed by atoms with van der Waals surface area (Å²) in [6.45, 7) is 8.03. The van der Waals surface area contributed by atoms with Crippen molar-refractivity contribution in [1.29, 1.82) is 0 Å². The van der Waals surface area contributed by atoms with Crippen molar-refractivity contribution >= 4 is 0 Å². The Morgan fingerprint density at radius 2 is 1.74 bits per heavy atom. The molecule has 2 aliphatic heterocycles. The molecule has 0 radical (unpaired) electrons. The summed E-state index contributed by atoms with van der Waals surface area (Å²) in [4.78, 5) is 9.50. The van der Waals surface area contributed by atoms with E-state index in [2.05, 4.69) is 39.0 Å². The van der Waals surface area contributed by atoms with Gasteiger partial charge >= 0.3 is 0 Å². The highest BCUT2D eigenvalue weighted by atomic mass is 16.5. The zero-order valence-corrected chi connectivity index (χ0v) is 15.9. The van der Waals surface area contributed by atoms with Crippen molar-refractivity contribution in [3.8, 4) is 5.75 Å². The SMILES string of the molecule is c1ccc(COc2ccc(CN3CCN(C4CCOCC4)CC3)cc2)nc1. The van der Waals surface area contributed by atoms with E-state index in [9.17, 15) is 0 Å². The first kappa shape index (κ1) is 18.4. The molecule has 2 saturated heterocycles. The van der Waals surface area contributed by atoms with Crippen molar-refractivity contribution < 1.29 is 9.47 Å². The van der Waals surface area contributed by atoms with Gasteiger partial charge in [0.15, 0.2) is 0 Å².